The van der Waals surface area contributed by atoms with Gasteiger partial charge in [0, 0.05) is 19.1 Å². The number of piperidine rings is 1. The standard InChI is InChI=1S/C12H21N3O.2ClH/c1-9-10(2)16-12(14-9)8-15-6-4-11(13-3)5-7-15;;/h11,13H,4-8H2,1-3H3;2*1H. The summed E-state index contributed by atoms with van der Waals surface area (Å²) in [6.45, 7) is 7.08. The maximum absolute atomic E-state index is 5.60. The van der Waals surface area contributed by atoms with Gasteiger partial charge in [0.15, 0.2) is 0 Å². The molecule has 0 atom stereocenters. The number of nitrogens with zero attached hydrogens (tertiary/aromatic N) is 2. The molecule has 2 heterocycles. The van der Waals surface area contributed by atoms with E-state index in [0.717, 1.165) is 37.0 Å². The molecule has 1 fully saturated rings. The Morgan fingerprint density at radius 3 is 2.33 bits per heavy atom. The Bertz CT molecular complexity index is 330. The fraction of sp³-hybridized carbons (Fsp3) is 0.750. The smallest absolute Gasteiger partial charge is 0.208 e. The van der Waals surface area contributed by atoms with E-state index in [4.69, 9.17) is 4.42 Å². The molecule has 0 saturated carbocycles. The molecule has 1 N–H and O–H groups in total. The van der Waals surface area contributed by atoms with E-state index in [1.54, 1.807) is 0 Å². The SMILES string of the molecule is CNC1CCN(Cc2nc(C)c(C)o2)CC1.Cl.Cl. The van der Waals surface area contributed by atoms with Crippen molar-refractivity contribution in [2.45, 2.75) is 39.3 Å². The molecule has 4 nitrogen and oxygen atoms in total. The van der Waals surface area contributed by atoms with Gasteiger partial charge < -0.3 is 9.73 Å². The van der Waals surface area contributed by atoms with Gasteiger partial charge in [-0.25, -0.2) is 4.98 Å². The normalized spacial score (nSPS) is 17.1. The first kappa shape index (κ1) is 17.7. The van der Waals surface area contributed by atoms with Gasteiger partial charge in [0.1, 0.15) is 5.76 Å². The summed E-state index contributed by atoms with van der Waals surface area (Å²) >= 11 is 0. The monoisotopic (exact) mass is 295 g/mol. The van der Waals surface area contributed by atoms with Crippen molar-refractivity contribution in [1.29, 1.82) is 0 Å². The van der Waals surface area contributed by atoms with E-state index in [1.165, 1.54) is 12.8 Å². The van der Waals surface area contributed by atoms with Gasteiger partial charge in [0.2, 0.25) is 5.89 Å². The van der Waals surface area contributed by atoms with Crippen LogP contribution in [0.1, 0.15) is 30.2 Å². The lowest BCUT2D eigenvalue weighted by atomic mass is 10.1. The first-order valence-corrected chi connectivity index (χ1v) is 6.01. The van der Waals surface area contributed by atoms with Crippen LogP contribution < -0.4 is 5.32 Å². The number of nitrogens with one attached hydrogen (secondary N) is 1. The zero-order valence-corrected chi connectivity index (χ0v) is 12.9. The highest BCUT2D eigenvalue weighted by atomic mass is 35.5. The summed E-state index contributed by atoms with van der Waals surface area (Å²) in [6, 6.07) is 0.685. The van der Waals surface area contributed by atoms with Crippen molar-refractivity contribution >= 4 is 24.8 Å². The van der Waals surface area contributed by atoms with Gasteiger partial charge >= 0.3 is 0 Å². The minimum absolute atomic E-state index is 0. The first-order valence-electron chi connectivity index (χ1n) is 6.01. The molecule has 1 aliphatic rings. The fourth-order valence-electron chi connectivity index (χ4n) is 2.18. The highest BCUT2D eigenvalue weighted by Crippen LogP contribution is 2.15. The number of hydrogen-bond acceptors (Lipinski definition) is 4. The Morgan fingerprint density at radius 2 is 1.89 bits per heavy atom. The van der Waals surface area contributed by atoms with Crippen molar-refractivity contribution < 1.29 is 4.42 Å². The molecule has 0 bridgehead atoms. The lowest BCUT2D eigenvalue weighted by Gasteiger charge is -2.30. The van der Waals surface area contributed by atoms with Crippen LogP contribution in [0.2, 0.25) is 0 Å². The topological polar surface area (TPSA) is 41.3 Å². The molecule has 1 aromatic rings. The Labute approximate surface area is 121 Å². The van der Waals surface area contributed by atoms with Gasteiger partial charge in [0.05, 0.1) is 12.2 Å². The number of likely N-dealkylation sites (tertiary alicyclic amines) is 1. The maximum Gasteiger partial charge on any atom is 0.208 e. The number of hydrogen-bond donors (Lipinski definition) is 1. The predicted molar refractivity (Wildman–Crippen MR) is 77.8 cm³/mol. The third-order valence-electron chi connectivity index (χ3n) is 3.43. The van der Waals surface area contributed by atoms with E-state index in [0.29, 0.717) is 6.04 Å². The summed E-state index contributed by atoms with van der Waals surface area (Å²) in [5, 5.41) is 3.34. The molecule has 6 heteroatoms. The molecule has 0 unspecified atom stereocenters. The number of oxazole rings is 1. The minimum Gasteiger partial charge on any atom is -0.444 e. The predicted octanol–water partition coefficient (Wildman–Crippen LogP) is 2.32. The zero-order chi connectivity index (χ0) is 11.5. The van der Waals surface area contributed by atoms with Crippen LogP contribution in [0, 0.1) is 13.8 Å². The van der Waals surface area contributed by atoms with E-state index in [-0.39, 0.29) is 24.8 Å². The van der Waals surface area contributed by atoms with Gasteiger partial charge in [-0.3, -0.25) is 4.90 Å². The molecule has 0 aromatic carbocycles. The van der Waals surface area contributed by atoms with Gasteiger partial charge in [0.25, 0.3) is 0 Å². The van der Waals surface area contributed by atoms with Crippen LogP contribution in [0.5, 0.6) is 0 Å². The summed E-state index contributed by atoms with van der Waals surface area (Å²) < 4.78 is 5.60. The second-order valence-electron chi connectivity index (χ2n) is 4.59. The second-order valence-corrected chi connectivity index (χ2v) is 4.59. The first-order chi connectivity index (χ1) is 7.69. The summed E-state index contributed by atoms with van der Waals surface area (Å²) in [4.78, 5) is 6.83. The highest BCUT2D eigenvalue weighted by molar-refractivity contribution is 5.85. The van der Waals surface area contributed by atoms with Gasteiger partial charge in [-0.2, -0.15) is 0 Å². The maximum atomic E-state index is 5.60. The summed E-state index contributed by atoms with van der Waals surface area (Å²) in [6.07, 6.45) is 2.43. The Kier molecular flexibility index (Phi) is 7.87. The van der Waals surface area contributed by atoms with Crippen molar-refractivity contribution in [3.63, 3.8) is 0 Å². The zero-order valence-electron chi connectivity index (χ0n) is 11.2. The molecule has 0 aliphatic carbocycles. The third kappa shape index (κ3) is 4.43. The van der Waals surface area contributed by atoms with Crippen molar-refractivity contribution in [1.82, 2.24) is 15.2 Å². The molecular formula is C12H23Cl2N3O. The van der Waals surface area contributed by atoms with Crippen LogP contribution in [0.15, 0.2) is 4.42 Å². The van der Waals surface area contributed by atoms with E-state index in [2.05, 4.69) is 15.2 Å². The van der Waals surface area contributed by atoms with Gasteiger partial charge in [-0.1, -0.05) is 0 Å². The molecule has 106 valence electrons. The third-order valence-corrected chi connectivity index (χ3v) is 3.43. The molecule has 0 radical (unpaired) electrons. The van der Waals surface area contributed by atoms with E-state index in [1.807, 2.05) is 20.9 Å². The fourth-order valence-corrected chi connectivity index (χ4v) is 2.18. The van der Waals surface area contributed by atoms with Crippen LogP contribution in [-0.2, 0) is 6.54 Å². The quantitative estimate of drug-likeness (QED) is 0.929. The molecule has 0 spiro atoms. The number of rotatable bonds is 3. The Balaban J connectivity index is 0.00000144. The Morgan fingerprint density at radius 1 is 1.28 bits per heavy atom. The highest BCUT2D eigenvalue weighted by Gasteiger charge is 2.19. The van der Waals surface area contributed by atoms with Gasteiger partial charge in [-0.05, 0) is 33.7 Å². The lowest BCUT2D eigenvalue weighted by Crippen LogP contribution is -2.40. The second kappa shape index (κ2) is 8.00. The van der Waals surface area contributed by atoms with Crippen molar-refractivity contribution in [2.75, 3.05) is 20.1 Å². The molecule has 1 aromatic heterocycles. The molecule has 1 aliphatic heterocycles. The summed E-state index contributed by atoms with van der Waals surface area (Å²) in [5.74, 6) is 1.80. The van der Waals surface area contributed by atoms with E-state index >= 15 is 0 Å². The number of aromatic nitrogens is 1. The molecule has 0 amide bonds. The minimum atomic E-state index is 0. The van der Waals surface area contributed by atoms with Crippen LogP contribution >= 0.6 is 24.8 Å². The average Bonchev–Trinajstić information content (AvgIpc) is 2.59. The molecule has 2 rings (SSSR count). The summed E-state index contributed by atoms with van der Waals surface area (Å²) in [7, 11) is 2.04. The summed E-state index contributed by atoms with van der Waals surface area (Å²) in [5.41, 5.74) is 1.01. The van der Waals surface area contributed by atoms with E-state index < -0.39 is 0 Å². The van der Waals surface area contributed by atoms with Crippen molar-refractivity contribution in [3.8, 4) is 0 Å². The van der Waals surface area contributed by atoms with Crippen LogP contribution in [0.3, 0.4) is 0 Å². The lowest BCUT2D eigenvalue weighted by molar-refractivity contribution is 0.178. The number of halogens is 2. The van der Waals surface area contributed by atoms with Gasteiger partial charge in [-0.15, -0.1) is 24.8 Å². The molecular weight excluding hydrogens is 273 g/mol. The average molecular weight is 296 g/mol. The van der Waals surface area contributed by atoms with Crippen LogP contribution in [0.25, 0.3) is 0 Å². The van der Waals surface area contributed by atoms with Crippen LogP contribution in [-0.4, -0.2) is 36.1 Å². The number of aryl methyl sites for hydroxylation is 2. The van der Waals surface area contributed by atoms with Crippen molar-refractivity contribution in [3.05, 3.63) is 17.3 Å². The largest absolute Gasteiger partial charge is 0.444 e. The van der Waals surface area contributed by atoms with Crippen LogP contribution in [0.4, 0.5) is 0 Å². The van der Waals surface area contributed by atoms with E-state index in [9.17, 15) is 0 Å². The van der Waals surface area contributed by atoms with Crippen molar-refractivity contribution in [2.24, 2.45) is 0 Å². The Hall–Kier alpha value is -0.290. The molecule has 1 saturated heterocycles. The molecule has 18 heavy (non-hydrogen) atoms.